The zero-order valence-electron chi connectivity index (χ0n) is 8.48. The van der Waals surface area contributed by atoms with Crippen LogP contribution >= 0.6 is 0 Å². The Morgan fingerprint density at radius 2 is 2.29 bits per heavy atom. The van der Waals surface area contributed by atoms with E-state index in [1.54, 1.807) is 6.07 Å². The van der Waals surface area contributed by atoms with Crippen LogP contribution in [0, 0.1) is 17.1 Å². The van der Waals surface area contributed by atoms with Crippen LogP contribution in [-0.2, 0) is 0 Å². The molecule has 1 aromatic heterocycles. The molecule has 17 heavy (non-hydrogen) atoms. The number of nitrogens with one attached hydrogen (secondary N) is 1. The van der Waals surface area contributed by atoms with Gasteiger partial charge < -0.3 is 9.84 Å². The fourth-order valence-corrected chi connectivity index (χ4v) is 1.26. The lowest BCUT2D eigenvalue weighted by molar-refractivity contribution is 0.101. The minimum Gasteiger partial charge on any atom is -0.364 e. The third-order valence-electron chi connectivity index (χ3n) is 2.04. The lowest BCUT2D eigenvalue weighted by Crippen LogP contribution is -2.13. The minimum atomic E-state index is -0.689. The Morgan fingerprint density at radius 3 is 2.94 bits per heavy atom. The normalized spacial score (nSPS) is 9.65. The number of amides is 1. The summed E-state index contributed by atoms with van der Waals surface area (Å²) in [6, 6.07) is 7.01. The highest BCUT2D eigenvalue weighted by atomic mass is 19.1. The molecule has 1 aromatic carbocycles. The highest BCUT2D eigenvalue weighted by Gasteiger charge is 2.13. The second-order valence-corrected chi connectivity index (χ2v) is 3.11. The van der Waals surface area contributed by atoms with Crippen LogP contribution in [0.3, 0.4) is 0 Å². The van der Waals surface area contributed by atoms with Crippen molar-refractivity contribution in [3.05, 3.63) is 47.6 Å². The molecular formula is C11H6FN3O2. The summed E-state index contributed by atoms with van der Waals surface area (Å²) in [7, 11) is 0. The van der Waals surface area contributed by atoms with Gasteiger partial charge >= 0.3 is 0 Å². The van der Waals surface area contributed by atoms with Gasteiger partial charge in [0.05, 0.1) is 5.69 Å². The zero-order chi connectivity index (χ0) is 12.3. The molecule has 0 bridgehead atoms. The zero-order valence-corrected chi connectivity index (χ0v) is 8.48. The summed E-state index contributed by atoms with van der Waals surface area (Å²) in [5.74, 6) is -1.26. The van der Waals surface area contributed by atoms with Crippen molar-refractivity contribution >= 4 is 11.6 Å². The molecular weight excluding hydrogens is 225 g/mol. The van der Waals surface area contributed by atoms with Crippen LogP contribution in [0.25, 0.3) is 0 Å². The molecule has 0 fully saturated rings. The molecule has 0 atom stereocenters. The van der Waals surface area contributed by atoms with Gasteiger partial charge in [-0.15, -0.1) is 0 Å². The van der Waals surface area contributed by atoms with Crippen LogP contribution < -0.4 is 5.32 Å². The van der Waals surface area contributed by atoms with Crippen molar-refractivity contribution in [1.29, 1.82) is 5.26 Å². The molecule has 1 heterocycles. The van der Waals surface area contributed by atoms with Gasteiger partial charge in [0.25, 0.3) is 5.91 Å². The Balaban J connectivity index is 2.29. The van der Waals surface area contributed by atoms with Crippen molar-refractivity contribution < 1.29 is 13.7 Å². The average molecular weight is 231 g/mol. The van der Waals surface area contributed by atoms with Crippen LogP contribution in [0.1, 0.15) is 16.1 Å². The fourth-order valence-electron chi connectivity index (χ4n) is 1.26. The van der Waals surface area contributed by atoms with Crippen molar-refractivity contribution in [1.82, 2.24) is 5.16 Å². The molecule has 0 unspecified atom stereocenters. The quantitative estimate of drug-likeness (QED) is 0.856. The van der Waals surface area contributed by atoms with Crippen LogP contribution in [0.4, 0.5) is 10.1 Å². The highest BCUT2D eigenvalue weighted by molar-refractivity contribution is 6.03. The fraction of sp³-hybridized carbons (Fsp3) is 0. The molecule has 0 aliphatic heterocycles. The summed E-state index contributed by atoms with van der Waals surface area (Å²) in [5.41, 5.74) is -0.0667. The standard InChI is InChI=1S/C11H6FN3O2/c12-8-2-1-3-9(7(8)6-13)14-11(16)10-4-5-17-15-10/h1-5H,(H,14,16). The molecule has 0 aliphatic carbocycles. The maximum absolute atomic E-state index is 13.2. The number of nitrogens with zero attached hydrogens (tertiary/aromatic N) is 2. The van der Waals surface area contributed by atoms with Gasteiger partial charge in [-0.1, -0.05) is 11.2 Å². The Morgan fingerprint density at radius 1 is 1.47 bits per heavy atom. The summed E-state index contributed by atoms with van der Waals surface area (Å²) < 4.78 is 17.7. The molecule has 0 radical (unpaired) electrons. The number of halogens is 1. The Hall–Kier alpha value is -2.68. The maximum atomic E-state index is 13.2. The van der Waals surface area contributed by atoms with Crippen molar-refractivity contribution in [2.24, 2.45) is 0 Å². The van der Waals surface area contributed by atoms with E-state index in [0.29, 0.717) is 0 Å². The Labute approximate surface area is 95.5 Å². The van der Waals surface area contributed by atoms with Gasteiger partial charge in [-0.3, -0.25) is 4.79 Å². The van der Waals surface area contributed by atoms with Gasteiger partial charge in [-0.25, -0.2) is 4.39 Å². The molecule has 5 nitrogen and oxygen atoms in total. The number of hydrogen-bond donors (Lipinski definition) is 1. The van der Waals surface area contributed by atoms with Crippen molar-refractivity contribution in [3.8, 4) is 6.07 Å². The molecule has 2 aromatic rings. The molecule has 84 valence electrons. The Bertz CT molecular complexity index is 587. The van der Waals surface area contributed by atoms with Crippen LogP contribution in [0.2, 0.25) is 0 Å². The lowest BCUT2D eigenvalue weighted by atomic mass is 10.2. The van der Waals surface area contributed by atoms with Gasteiger partial charge in [-0.2, -0.15) is 5.26 Å². The van der Waals surface area contributed by atoms with Gasteiger partial charge in [0, 0.05) is 6.07 Å². The van der Waals surface area contributed by atoms with E-state index < -0.39 is 11.7 Å². The number of anilines is 1. The summed E-state index contributed by atoms with van der Waals surface area (Å²) in [4.78, 5) is 11.6. The third kappa shape index (κ3) is 2.13. The predicted octanol–water partition coefficient (Wildman–Crippen LogP) is 1.94. The van der Waals surface area contributed by atoms with Crippen molar-refractivity contribution in [2.75, 3.05) is 5.32 Å². The number of benzene rings is 1. The first-order valence-electron chi connectivity index (χ1n) is 4.62. The van der Waals surface area contributed by atoms with E-state index in [0.717, 1.165) is 6.07 Å². The summed E-state index contributed by atoms with van der Waals surface area (Å²) in [5, 5.41) is 14.6. The molecule has 0 aliphatic rings. The second kappa shape index (κ2) is 4.45. The van der Waals surface area contributed by atoms with E-state index in [2.05, 4.69) is 15.0 Å². The highest BCUT2D eigenvalue weighted by Crippen LogP contribution is 2.18. The molecule has 6 heteroatoms. The second-order valence-electron chi connectivity index (χ2n) is 3.11. The average Bonchev–Trinajstić information content (AvgIpc) is 2.82. The summed E-state index contributed by atoms with van der Waals surface area (Å²) in [6.45, 7) is 0. The molecule has 1 N–H and O–H groups in total. The van der Waals surface area contributed by atoms with E-state index in [-0.39, 0.29) is 16.9 Å². The first-order valence-corrected chi connectivity index (χ1v) is 4.62. The number of rotatable bonds is 2. The summed E-state index contributed by atoms with van der Waals surface area (Å²) in [6.07, 6.45) is 1.24. The van der Waals surface area contributed by atoms with E-state index in [4.69, 9.17) is 5.26 Å². The Kier molecular flexibility index (Phi) is 2.83. The first kappa shape index (κ1) is 10.8. The molecule has 0 saturated carbocycles. The van der Waals surface area contributed by atoms with Crippen molar-refractivity contribution in [2.45, 2.75) is 0 Å². The lowest BCUT2D eigenvalue weighted by Gasteiger charge is -2.05. The van der Waals surface area contributed by atoms with Gasteiger partial charge in [0.15, 0.2) is 5.69 Å². The smallest absolute Gasteiger partial charge is 0.277 e. The van der Waals surface area contributed by atoms with Gasteiger partial charge in [-0.05, 0) is 12.1 Å². The van der Waals surface area contributed by atoms with E-state index in [9.17, 15) is 9.18 Å². The number of carbonyl (C=O) groups is 1. The molecule has 0 spiro atoms. The van der Waals surface area contributed by atoms with E-state index >= 15 is 0 Å². The van der Waals surface area contributed by atoms with Crippen LogP contribution in [0.15, 0.2) is 35.1 Å². The SMILES string of the molecule is N#Cc1c(F)cccc1NC(=O)c1ccon1. The van der Waals surface area contributed by atoms with Crippen molar-refractivity contribution in [3.63, 3.8) is 0 Å². The predicted molar refractivity (Wildman–Crippen MR) is 55.6 cm³/mol. The molecule has 1 amide bonds. The van der Waals surface area contributed by atoms with Crippen LogP contribution in [0.5, 0.6) is 0 Å². The van der Waals surface area contributed by atoms with E-state index in [1.807, 2.05) is 0 Å². The number of nitriles is 1. The largest absolute Gasteiger partial charge is 0.364 e. The number of hydrogen-bond acceptors (Lipinski definition) is 4. The maximum Gasteiger partial charge on any atom is 0.277 e. The molecule has 0 saturated heterocycles. The van der Waals surface area contributed by atoms with E-state index in [1.165, 1.54) is 24.5 Å². The van der Waals surface area contributed by atoms with Gasteiger partial charge in [0.2, 0.25) is 0 Å². The molecule has 2 rings (SSSR count). The minimum absolute atomic E-state index is 0.0538. The van der Waals surface area contributed by atoms with Crippen LogP contribution in [-0.4, -0.2) is 11.1 Å². The monoisotopic (exact) mass is 231 g/mol. The van der Waals surface area contributed by atoms with Gasteiger partial charge in [0.1, 0.15) is 23.7 Å². The topological polar surface area (TPSA) is 78.9 Å². The summed E-state index contributed by atoms with van der Waals surface area (Å²) >= 11 is 0. The third-order valence-corrected chi connectivity index (χ3v) is 2.04. The number of carbonyl (C=O) groups excluding carboxylic acids is 1. The number of aromatic nitrogens is 1. The first-order chi connectivity index (χ1) is 8.22.